The van der Waals surface area contributed by atoms with Gasteiger partial charge in [-0.2, -0.15) is 4.31 Å². The van der Waals surface area contributed by atoms with Crippen LogP contribution >= 0.6 is 11.6 Å². The predicted molar refractivity (Wildman–Crippen MR) is 93.5 cm³/mol. The van der Waals surface area contributed by atoms with Gasteiger partial charge in [0.1, 0.15) is 0 Å². The van der Waals surface area contributed by atoms with Crippen LogP contribution in [0.15, 0.2) is 47.4 Å². The van der Waals surface area contributed by atoms with E-state index < -0.39 is 10.0 Å². The number of sulfonamides is 1. The fourth-order valence-corrected chi connectivity index (χ4v) is 4.78. The third-order valence-corrected chi connectivity index (χ3v) is 6.52. The maximum Gasteiger partial charge on any atom is 0.243 e. The monoisotopic (exact) mass is 349 g/mol. The molecule has 0 saturated carbocycles. The minimum atomic E-state index is -3.46. The van der Waals surface area contributed by atoms with Gasteiger partial charge in [-0.05, 0) is 54.7 Å². The maximum absolute atomic E-state index is 12.9. The van der Waals surface area contributed by atoms with E-state index in [9.17, 15) is 8.42 Å². The summed E-state index contributed by atoms with van der Waals surface area (Å²) in [7, 11) is -3.46. The molecule has 0 fully saturated rings. The molecular weight excluding hydrogens is 330 g/mol. The van der Waals surface area contributed by atoms with E-state index in [0.29, 0.717) is 29.4 Å². The Morgan fingerprint density at radius 2 is 1.83 bits per heavy atom. The molecule has 2 aromatic carbocycles. The van der Waals surface area contributed by atoms with Crippen LogP contribution in [0.1, 0.15) is 29.5 Å². The lowest BCUT2D eigenvalue weighted by Crippen LogP contribution is -2.34. The van der Waals surface area contributed by atoms with Crippen molar-refractivity contribution in [1.29, 1.82) is 0 Å². The van der Waals surface area contributed by atoms with Crippen LogP contribution in [0.3, 0.4) is 0 Å². The summed E-state index contributed by atoms with van der Waals surface area (Å²) in [6, 6.07) is 12.9. The summed E-state index contributed by atoms with van der Waals surface area (Å²) in [4.78, 5) is 0.360. The normalized spacial score (nSPS) is 19.2. The van der Waals surface area contributed by atoms with Crippen molar-refractivity contribution in [2.24, 2.45) is 0 Å². The first kappa shape index (κ1) is 16.5. The van der Waals surface area contributed by atoms with Crippen molar-refractivity contribution in [3.05, 3.63) is 64.2 Å². The largest absolute Gasteiger partial charge is 0.243 e. The van der Waals surface area contributed by atoms with Crippen LogP contribution in [0, 0.1) is 6.92 Å². The van der Waals surface area contributed by atoms with Crippen molar-refractivity contribution in [3.8, 4) is 0 Å². The number of aryl methyl sites for hydroxylation is 1. The average molecular weight is 350 g/mol. The van der Waals surface area contributed by atoms with E-state index in [0.717, 1.165) is 11.1 Å². The smallest absolute Gasteiger partial charge is 0.207 e. The SMILES string of the molecule is Cc1ccc(S(=O)(=O)N2CCc3ccc(Cl)cc3C(C)C2)cc1. The van der Waals surface area contributed by atoms with E-state index in [1.165, 1.54) is 5.56 Å². The van der Waals surface area contributed by atoms with Gasteiger partial charge in [-0.25, -0.2) is 8.42 Å². The number of nitrogens with zero attached hydrogens (tertiary/aromatic N) is 1. The molecule has 1 heterocycles. The van der Waals surface area contributed by atoms with Gasteiger partial charge in [0.15, 0.2) is 0 Å². The van der Waals surface area contributed by atoms with E-state index in [2.05, 4.69) is 6.92 Å². The van der Waals surface area contributed by atoms with Crippen molar-refractivity contribution in [1.82, 2.24) is 4.31 Å². The van der Waals surface area contributed by atoms with Crippen molar-refractivity contribution in [3.63, 3.8) is 0 Å². The highest BCUT2D eigenvalue weighted by molar-refractivity contribution is 7.89. The van der Waals surface area contributed by atoms with E-state index in [1.807, 2.05) is 37.3 Å². The van der Waals surface area contributed by atoms with Gasteiger partial charge in [-0.1, -0.05) is 42.3 Å². The van der Waals surface area contributed by atoms with Gasteiger partial charge >= 0.3 is 0 Å². The van der Waals surface area contributed by atoms with Crippen LogP contribution in [-0.2, 0) is 16.4 Å². The van der Waals surface area contributed by atoms with Crippen LogP contribution in [-0.4, -0.2) is 25.8 Å². The summed E-state index contributed by atoms with van der Waals surface area (Å²) in [6.07, 6.45) is 0.710. The topological polar surface area (TPSA) is 37.4 Å². The Morgan fingerprint density at radius 1 is 1.13 bits per heavy atom. The van der Waals surface area contributed by atoms with Gasteiger partial charge in [-0.3, -0.25) is 0 Å². The molecule has 0 aromatic heterocycles. The number of hydrogen-bond donors (Lipinski definition) is 0. The zero-order valence-corrected chi connectivity index (χ0v) is 14.9. The first-order valence-electron chi connectivity index (χ1n) is 7.73. The zero-order chi connectivity index (χ0) is 16.6. The Bertz CT molecular complexity index is 815. The van der Waals surface area contributed by atoms with Gasteiger partial charge < -0.3 is 0 Å². The summed E-state index contributed by atoms with van der Waals surface area (Å²) in [5.74, 6) is 0.117. The number of halogens is 1. The molecule has 0 amide bonds. The second-order valence-corrected chi connectivity index (χ2v) is 8.54. The summed E-state index contributed by atoms with van der Waals surface area (Å²) >= 11 is 6.10. The second-order valence-electron chi connectivity index (χ2n) is 6.17. The molecule has 122 valence electrons. The molecule has 3 nitrogen and oxygen atoms in total. The maximum atomic E-state index is 12.9. The molecule has 0 radical (unpaired) electrons. The number of benzene rings is 2. The van der Waals surface area contributed by atoms with Crippen molar-refractivity contribution >= 4 is 21.6 Å². The number of rotatable bonds is 2. The molecule has 0 bridgehead atoms. The summed E-state index contributed by atoms with van der Waals surface area (Å²) in [5, 5.41) is 0.699. The number of hydrogen-bond acceptors (Lipinski definition) is 2. The first-order chi connectivity index (χ1) is 10.9. The van der Waals surface area contributed by atoms with Gasteiger partial charge in [0.05, 0.1) is 4.90 Å². The third-order valence-electron chi connectivity index (χ3n) is 4.41. The van der Waals surface area contributed by atoms with E-state index in [-0.39, 0.29) is 5.92 Å². The molecule has 0 spiro atoms. The van der Waals surface area contributed by atoms with Gasteiger partial charge in [0, 0.05) is 18.1 Å². The Kier molecular flexibility index (Phi) is 4.50. The zero-order valence-electron chi connectivity index (χ0n) is 13.3. The first-order valence-corrected chi connectivity index (χ1v) is 9.55. The van der Waals surface area contributed by atoms with Crippen molar-refractivity contribution < 1.29 is 8.42 Å². The van der Waals surface area contributed by atoms with Gasteiger partial charge in [0.25, 0.3) is 0 Å². The molecule has 23 heavy (non-hydrogen) atoms. The minimum absolute atomic E-state index is 0.117. The average Bonchev–Trinajstić information content (AvgIpc) is 2.68. The van der Waals surface area contributed by atoms with Crippen LogP contribution in [0.2, 0.25) is 5.02 Å². The highest BCUT2D eigenvalue weighted by atomic mass is 35.5. The molecule has 1 atom stereocenters. The molecule has 0 aliphatic carbocycles. The second kappa shape index (κ2) is 6.27. The molecule has 0 saturated heterocycles. The fourth-order valence-electron chi connectivity index (χ4n) is 3.07. The Labute approximate surface area is 142 Å². The quantitative estimate of drug-likeness (QED) is 0.821. The predicted octanol–water partition coefficient (Wildman–Crippen LogP) is 4.00. The van der Waals surface area contributed by atoms with E-state index in [1.54, 1.807) is 16.4 Å². The Hall–Kier alpha value is -1.36. The molecule has 1 unspecified atom stereocenters. The Morgan fingerprint density at radius 3 is 2.52 bits per heavy atom. The van der Waals surface area contributed by atoms with Gasteiger partial charge in [-0.15, -0.1) is 0 Å². The van der Waals surface area contributed by atoms with E-state index in [4.69, 9.17) is 11.6 Å². The number of fused-ring (bicyclic) bond motifs is 1. The lowest BCUT2D eigenvalue weighted by molar-refractivity contribution is 0.406. The van der Waals surface area contributed by atoms with Gasteiger partial charge in [0.2, 0.25) is 10.0 Å². The van der Waals surface area contributed by atoms with Crippen LogP contribution in [0.4, 0.5) is 0 Å². The van der Waals surface area contributed by atoms with Crippen LogP contribution < -0.4 is 0 Å². The summed E-state index contributed by atoms with van der Waals surface area (Å²) < 4.78 is 27.4. The lowest BCUT2D eigenvalue weighted by Gasteiger charge is -2.22. The van der Waals surface area contributed by atoms with E-state index >= 15 is 0 Å². The molecular formula is C18H20ClNO2S. The highest BCUT2D eigenvalue weighted by Crippen LogP contribution is 2.30. The molecule has 2 aromatic rings. The standard InChI is InChI=1S/C18H20ClNO2S/c1-13-3-7-17(8-4-13)23(21,22)20-10-9-15-5-6-16(19)11-18(15)14(2)12-20/h3-8,11,14H,9-10,12H2,1-2H3. The molecule has 5 heteroatoms. The molecule has 3 rings (SSSR count). The lowest BCUT2D eigenvalue weighted by atomic mass is 9.96. The minimum Gasteiger partial charge on any atom is -0.207 e. The molecule has 1 aliphatic heterocycles. The van der Waals surface area contributed by atoms with Crippen LogP contribution in [0.25, 0.3) is 0 Å². The van der Waals surface area contributed by atoms with Crippen molar-refractivity contribution in [2.75, 3.05) is 13.1 Å². The molecule has 0 N–H and O–H groups in total. The van der Waals surface area contributed by atoms with Crippen LogP contribution in [0.5, 0.6) is 0 Å². The summed E-state index contributed by atoms with van der Waals surface area (Å²) in [5.41, 5.74) is 3.39. The third kappa shape index (κ3) is 3.30. The highest BCUT2D eigenvalue weighted by Gasteiger charge is 2.29. The molecule has 1 aliphatic rings. The fraction of sp³-hybridized carbons (Fsp3) is 0.333. The van der Waals surface area contributed by atoms with Crippen molar-refractivity contribution in [2.45, 2.75) is 31.1 Å². The Balaban J connectivity index is 1.92. The summed E-state index contributed by atoms with van der Waals surface area (Å²) in [6.45, 7) is 4.97.